The normalized spacial score (nSPS) is 12.4. The molecule has 2 aromatic heterocycles. The van der Waals surface area contributed by atoms with Crippen LogP contribution in [0.3, 0.4) is 0 Å². The van der Waals surface area contributed by atoms with E-state index in [0.717, 1.165) is 15.4 Å². The Morgan fingerprint density at radius 2 is 1.91 bits per heavy atom. The summed E-state index contributed by atoms with van der Waals surface area (Å²) in [6.07, 6.45) is 1.51. The zero-order chi connectivity index (χ0) is 29.5. The summed E-state index contributed by atoms with van der Waals surface area (Å²) in [7, 11) is 1.52. The van der Waals surface area contributed by atoms with Gasteiger partial charge < -0.3 is 23.4 Å². The second-order valence-electron chi connectivity index (χ2n) is 9.62. The SMILES string of the molecule is COc1cc(C=Nn2c(-c3cc4cc(Br)ccc4o3)nc3ccccc3c2=O)cc(Cl)c1OCc1ccc2c(c1)OCO2. The van der Waals surface area contributed by atoms with Crippen molar-refractivity contribution in [1.82, 2.24) is 9.66 Å². The van der Waals surface area contributed by atoms with E-state index in [-0.39, 0.29) is 24.8 Å². The molecule has 214 valence electrons. The molecule has 43 heavy (non-hydrogen) atoms. The van der Waals surface area contributed by atoms with Crippen LogP contribution in [0.15, 0.2) is 97.6 Å². The fourth-order valence-corrected chi connectivity index (χ4v) is 5.43. The first-order chi connectivity index (χ1) is 21.0. The lowest BCUT2D eigenvalue weighted by molar-refractivity contribution is 0.174. The molecule has 3 heterocycles. The number of hydrogen-bond donors (Lipinski definition) is 0. The minimum absolute atomic E-state index is 0.196. The summed E-state index contributed by atoms with van der Waals surface area (Å²) >= 11 is 10.1. The number of nitrogens with zero attached hydrogens (tertiary/aromatic N) is 3. The van der Waals surface area contributed by atoms with Crippen LogP contribution in [-0.4, -0.2) is 29.8 Å². The second-order valence-corrected chi connectivity index (χ2v) is 10.9. The molecule has 0 saturated heterocycles. The van der Waals surface area contributed by atoms with Gasteiger partial charge in [-0.1, -0.05) is 45.7 Å². The summed E-state index contributed by atoms with van der Waals surface area (Å²) in [5.41, 5.74) is 2.30. The van der Waals surface area contributed by atoms with Crippen molar-refractivity contribution < 1.29 is 23.4 Å². The first-order valence-corrected chi connectivity index (χ1v) is 14.3. The third-order valence-corrected chi connectivity index (χ3v) is 7.62. The Hall–Kier alpha value is -4.80. The number of benzene rings is 4. The number of ether oxygens (including phenoxy) is 4. The van der Waals surface area contributed by atoms with Crippen molar-refractivity contribution in [3.63, 3.8) is 0 Å². The molecule has 0 aliphatic carbocycles. The highest BCUT2D eigenvalue weighted by Gasteiger charge is 2.18. The third kappa shape index (κ3) is 5.19. The Labute approximate surface area is 258 Å². The minimum atomic E-state index is -0.347. The minimum Gasteiger partial charge on any atom is -0.493 e. The predicted molar refractivity (Wildman–Crippen MR) is 167 cm³/mol. The summed E-state index contributed by atoms with van der Waals surface area (Å²) in [6.45, 7) is 0.428. The number of hydrogen-bond acceptors (Lipinski definition) is 8. The average Bonchev–Trinajstić information content (AvgIpc) is 3.66. The highest BCUT2D eigenvalue weighted by Crippen LogP contribution is 2.38. The topological polar surface area (TPSA) is 97.3 Å². The smallest absolute Gasteiger partial charge is 0.282 e. The highest BCUT2D eigenvalue weighted by atomic mass is 79.9. The Morgan fingerprint density at radius 1 is 1.05 bits per heavy atom. The van der Waals surface area contributed by atoms with E-state index in [1.807, 2.05) is 48.5 Å². The van der Waals surface area contributed by atoms with Crippen molar-refractivity contribution in [1.29, 1.82) is 0 Å². The molecular formula is C32H21BrClN3O6. The zero-order valence-corrected chi connectivity index (χ0v) is 24.9. The summed E-state index contributed by atoms with van der Waals surface area (Å²) in [6, 6.07) is 23.6. The molecule has 6 aromatic rings. The molecule has 1 aliphatic heterocycles. The second kappa shape index (κ2) is 11.1. The fourth-order valence-electron chi connectivity index (χ4n) is 4.78. The lowest BCUT2D eigenvalue weighted by atomic mass is 10.2. The number of methoxy groups -OCH3 is 1. The van der Waals surface area contributed by atoms with E-state index in [1.54, 1.807) is 30.3 Å². The van der Waals surface area contributed by atoms with Gasteiger partial charge in [-0.25, -0.2) is 4.98 Å². The van der Waals surface area contributed by atoms with Crippen LogP contribution >= 0.6 is 27.5 Å². The fraction of sp³-hybridized carbons (Fsp3) is 0.0938. The Kier molecular flexibility index (Phi) is 7.00. The molecular weight excluding hydrogens is 638 g/mol. The maximum Gasteiger partial charge on any atom is 0.282 e. The van der Waals surface area contributed by atoms with Gasteiger partial charge in [0.15, 0.2) is 28.8 Å². The molecule has 0 unspecified atom stereocenters. The van der Waals surface area contributed by atoms with E-state index < -0.39 is 0 Å². The third-order valence-electron chi connectivity index (χ3n) is 6.85. The van der Waals surface area contributed by atoms with Crippen LogP contribution in [0.25, 0.3) is 33.5 Å². The van der Waals surface area contributed by atoms with E-state index in [9.17, 15) is 4.79 Å². The first-order valence-electron chi connectivity index (χ1n) is 13.1. The van der Waals surface area contributed by atoms with Gasteiger partial charge in [-0.3, -0.25) is 4.79 Å². The maximum absolute atomic E-state index is 13.6. The molecule has 1 aliphatic rings. The standard InChI is InChI=1S/C32H21BrClN3O6/c1-39-28-12-19(10-23(34)30(28)40-16-18-6-8-26-27(11-18)42-17-41-26)15-35-37-31(36-24-5-3-2-4-22(24)32(37)38)29-14-20-13-21(33)7-9-25(20)43-29/h2-15H,16-17H2,1H3. The molecule has 9 nitrogen and oxygen atoms in total. The molecule has 0 amide bonds. The van der Waals surface area contributed by atoms with Gasteiger partial charge in [0.2, 0.25) is 12.6 Å². The molecule has 0 radical (unpaired) electrons. The van der Waals surface area contributed by atoms with Gasteiger partial charge in [-0.2, -0.15) is 9.78 Å². The Balaban J connectivity index is 1.24. The largest absolute Gasteiger partial charge is 0.493 e. The van der Waals surface area contributed by atoms with Gasteiger partial charge in [0, 0.05) is 9.86 Å². The van der Waals surface area contributed by atoms with E-state index in [4.69, 9.17) is 39.9 Å². The first kappa shape index (κ1) is 27.1. The predicted octanol–water partition coefficient (Wildman–Crippen LogP) is 7.42. The number of fused-ring (bicyclic) bond motifs is 3. The number of furan rings is 1. The van der Waals surface area contributed by atoms with Crippen LogP contribution in [0.2, 0.25) is 5.02 Å². The summed E-state index contributed by atoms with van der Waals surface area (Å²) in [4.78, 5) is 18.4. The van der Waals surface area contributed by atoms with Crippen LogP contribution in [0.4, 0.5) is 0 Å². The Morgan fingerprint density at radius 3 is 2.79 bits per heavy atom. The van der Waals surface area contributed by atoms with Gasteiger partial charge in [0.05, 0.1) is 29.2 Å². The molecule has 0 spiro atoms. The average molecular weight is 659 g/mol. The molecule has 11 heteroatoms. The molecule has 0 N–H and O–H groups in total. The maximum atomic E-state index is 13.6. The molecule has 0 saturated carbocycles. The van der Waals surface area contributed by atoms with Crippen molar-refractivity contribution in [2.75, 3.05) is 13.9 Å². The van der Waals surface area contributed by atoms with Crippen molar-refractivity contribution in [2.24, 2.45) is 5.10 Å². The summed E-state index contributed by atoms with van der Waals surface area (Å²) in [5, 5.41) is 6.12. The molecule has 0 fully saturated rings. The molecule has 7 rings (SSSR count). The van der Waals surface area contributed by atoms with Crippen LogP contribution in [0, 0.1) is 0 Å². The van der Waals surface area contributed by atoms with Crippen molar-refractivity contribution in [3.05, 3.63) is 110 Å². The van der Waals surface area contributed by atoms with E-state index >= 15 is 0 Å². The van der Waals surface area contributed by atoms with Gasteiger partial charge in [0.1, 0.15) is 12.2 Å². The van der Waals surface area contributed by atoms with Crippen molar-refractivity contribution in [3.8, 4) is 34.6 Å². The van der Waals surface area contributed by atoms with Gasteiger partial charge >= 0.3 is 0 Å². The number of para-hydroxylation sites is 1. The van der Waals surface area contributed by atoms with Crippen LogP contribution in [0.1, 0.15) is 11.1 Å². The summed E-state index contributed by atoms with van der Waals surface area (Å²) < 4.78 is 30.6. The van der Waals surface area contributed by atoms with Crippen LogP contribution in [0.5, 0.6) is 23.0 Å². The lowest BCUT2D eigenvalue weighted by Gasteiger charge is -2.13. The highest BCUT2D eigenvalue weighted by molar-refractivity contribution is 9.10. The van der Waals surface area contributed by atoms with Gasteiger partial charge in [-0.15, -0.1) is 0 Å². The van der Waals surface area contributed by atoms with Crippen molar-refractivity contribution >= 4 is 55.6 Å². The number of halogens is 2. The number of aromatic nitrogens is 2. The van der Waals surface area contributed by atoms with Gasteiger partial charge in [-0.05, 0) is 71.8 Å². The van der Waals surface area contributed by atoms with Gasteiger partial charge in [0.25, 0.3) is 5.56 Å². The number of rotatable bonds is 7. The van der Waals surface area contributed by atoms with E-state index in [0.29, 0.717) is 55.8 Å². The monoisotopic (exact) mass is 657 g/mol. The molecule has 0 atom stereocenters. The van der Waals surface area contributed by atoms with Crippen molar-refractivity contribution in [2.45, 2.75) is 6.61 Å². The van der Waals surface area contributed by atoms with E-state index in [2.05, 4.69) is 21.0 Å². The Bertz CT molecular complexity index is 2120. The summed E-state index contributed by atoms with van der Waals surface area (Å²) in [5.74, 6) is 2.80. The van der Waals surface area contributed by atoms with Crippen LogP contribution in [-0.2, 0) is 6.61 Å². The molecule has 0 bridgehead atoms. The van der Waals surface area contributed by atoms with E-state index in [1.165, 1.54) is 18.0 Å². The van der Waals surface area contributed by atoms with Crippen LogP contribution < -0.4 is 24.5 Å². The quantitative estimate of drug-likeness (QED) is 0.165. The molecule has 4 aromatic carbocycles. The zero-order valence-electron chi connectivity index (χ0n) is 22.5. The lowest BCUT2D eigenvalue weighted by Crippen LogP contribution is -2.20.